The van der Waals surface area contributed by atoms with Crippen molar-refractivity contribution in [2.24, 2.45) is 0 Å². The van der Waals surface area contributed by atoms with Crippen LogP contribution in [0.4, 0.5) is 11.4 Å². The molecule has 0 fully saturated rings. The highest BCUT2D eigenvalue weighted by Gasteiger charge is 2.11. The van der Waals surface area contributed by atoms with Crippen LogP contribution in [-0.2, 0) is 4.79 Å². The Kier molecular flexibility index (Phi) is 5.60. The number of nitrogens with one attached hydrogen (secondary N) is 1. The van der Waals surface area contributed by atoms with Gasteiger partial charge in [-0.05, 0) is 42.0 Å². The van der Waals surface area contributed by atoms with E-state index in [1.54, 1.807) is 6.08 Å². The average molecular weight is 345 g/mol. The molecule has 0 aliphatic carbocycles. The molecule has 0 unspecified atom stereocenters. The third kappa shape index (κ3) is 4.60. The quantitative estimate of drug-likeness (QED) is 0.810. The lowest BCUT2D eigenvalue weighted by atomic mass is 10.1. The Labute approximate surface area is 145 Å². The summed E-state index contributed by atoms with van der Waals surface area (Å²) in [4.78, 5) is 25.1. The van der Waals surface area contributed by atoms with Crippen LogP contribution in [0.25, 0.3) is 6.08 Å². The molecule has 0 bridgehead atoms. The first-order valence-electron chi connectivity index (χ1n) is 7.16. The summed E-state index contributed by atoms with van der Waals surface area (Å²) in [5.41, 5.74) is 2.06. The molecule has 2 rings (SSSR count). The smallest absolute Gasteiger partial charge is 0.337 e. The zero-order valence-electron chi connectivity index (χ0n) is 13.3. The fourth-order valence-corrected chi connectivity index (χ4v) is 2.21. The van der Waals surface area contributed by atoms with Crippen LogP contribution in [0.15, 0.2) is 48.5 Å². The number of carboxylic acid groups (broad SMARTS) is 1. The van der Waals surface area contributed by atoms with Gasteiger partial charge in [-0.1, -0.05) is 23.7 Å². The minimum absolute atomic E-state index is 0.0171. The van der Waals surface area contributed by atoms with E-state index in [0.29, 0.717) is 5.02 Å². The van der Waals surface area contributed by atoms with Crippen molar-refractivity contribution in [2.45, 2.75) is 0 Å². The van der Waals surface area contributed by atoms with Crippen molar-refractivity contribution in [1.82, 2.24) is 0 Å². The number of carbonyl (C=O) groups excluding carboxylic acids is 1. The molecule has 2 N–H and O–H groups in total. The fourth-order valence-electron chi connectivity index (χ4n) is 2.04. The number of anilines is 2. The van der Waals surface area contributed by atoms with Crippen LogP contribution in [-0.4, -0.2) is 31.1 Å². The van der Waals surface area contributed by atoms with Crippen LogP contribution >= 0.6 is 11.6 Å². The molecule has 2 aromatic carbocycles. The topological polar surface area (TPSA) is 69.6 Å². The highest BCUT2D eigenvalue weighted by Crippen LogP contribution is 2.21. The van der Waals surface area contributed by atoms with Crippen molar-refractivity contribution in [1.29, 1.82) is 0 Å². The van der Waals surface area contributed by atoms with Gasteiger partial charge in [0.05, 0.1) is 11.3 Å². The van der Waals surface area contributed by atoms with E-state index in [4.69, 9.17) is 16.7 Å². The van der Waals surface area contributed by atoms with Crippen molar-refractivity contribution in [3.63, 3.8) is 0 Å². The van der Waals surface area contributed by atoms with Gasteiger partial charge >= 0.3 is 5.97 Å². The molecule has 0 aliphatic heterocycles. The predicted octanol–water partition coefficient (Wildman–Crippen LogP) is 3.76. The van der Waals surface area contributed by atoms with E-state index in [-0.39, 0.29) is 11.3 Å². The first kappa shape index (κ1) is 17.6. The second-order valence-corrected chi connectivity index (χ2v) is 5.74. The van der Waals surface area contributed by atoms with Crippen LogP contribution in [0.2, 0.25) is 5.02 Å². The van der Waals surface area contributed by atoms with Gasteiger partial charge in [-0.3, -0.25) is 4.79 Å². The molecule has 0 radical (unpaired) electrons. The predicted molar refractivity (Wildman–Crippen MR) is 96.8 cm³/mol. The number of hydrogen-bond donors (Lipinski definition) is 2. The van der Waals surface area contributed by atoms with Gasteiger partial charge in [0.25, 0.3) is 0 Å². The van der Waals surface area contributed by atoms with Gasteiger partial charge in [0, 0.05) is 30.9 Å². The maximum absolute atomic E-state index is 12.0. The van der Waals surface area contributed by atoms with Crippen molar-refractivity contribution in [3.8, 4) is 0 Å². The lowest BCUT2D eigenvalue weighted by Crippen LogP contribution is -2.12. The minimum atomic E-state index is -1.13. The number of carboxylic acids is 1. The molecule has 24 heavy (non-hydrogen) atoms. The van der Waals surface area contributed by atoms with Crippen molar-refractivity contribution in [2.75, 3.05) is 24.3 Å². The van der Waals surface area contributed by atoms with Gasteiger partial charge in [-0.2, -0.15) is 0 Å². The fraction of sp³-hybridized carbons (Fsp3) is 0.111. The molecular weight excluding hydrogens is 328 g/mol. The lowest BCUT2D eigenvalue weighted by molar-refractivity contribution is -0.111. The Morgan fingerprint density at radius 1 is 1.12 bits per heavy atom. The number of rotatable bonds is 5. The summed E-state index contributed by atoms with van der Waals surface area (Å²) in [6, 6.07) is 11.9. The molecular formula is C18H17ClN2O3. The standard InChI is InChI=1S/C18H17ClN2O3/c1-21(2)14-7-3-12(4-8-14)5-10-17(22)20-16-11-13(19)6-9-15(16)18(23)24/h3-11H,1-2H3,(H,20,22)(H,23,24). The normalized spacial score (nSPS) is 10.6. The van der Waals surface area contributed by atoms with Gasteiger partial charge in [0.2, 0.25) is 5.91 Å². The summed E-state index contributed by atoms with van der Waals surface area (Å²) in [6.45, 7) is 0. The maximum Gasteiger partial charge on any atom is 0.337 e. The summed E-state index contributed by atoms with van der Waals surface area (Å²) in [6.07, 6.45) is 3.00. The van der Waals surface area contributed by atoms with E-state index < -0.39 is 11.9 Å². The minimum Gasteiger partial charge on any atom is -0.478 e. The molecule has 1 amide bonds. The zero-order valence-corrected chi connectivity index (χ0v) is 14.0. The molecule has 5 nitrogen and oxygen atoms in total. The highest BCUT2D eigenvalue weighted by atomic mass is 35.5. The third-order valence-electron chi connectivity index (χ3n) is 3.31. The number of amides is 1. The number of aromatic carboxylic acids is 1. The second kappa shape index (κ2) is 7.66. The Morgan fingerprint density at radius 3 is 2.38 bits per heavy atom. The molecule has 2 aromatic rings. The summed E-state index contributed by atoms with van der Waals surface area (Å²) in [7, 11) is 3.90. The SMILES string of the molecule is CN(C)c1ccc(C=CC(=O)Nc2cc(Cl)ccc2C(=O)O)cc1. The molecule has 124 valence electrons. The number of nitrogens with zero attached hydrogens (tertiary/aromatic N) is 1. The monoisotopic (exact) mass is 344 g/mol. The molecule has 0 aliphatic rings. The largest absolute Gasteiger partial charge is 0.478 e. The Morgan fingerprint density at radius 2 is 1.79 bits per heavy atom. The maximum atomic E-state index is 12.0. The van der Waals surface area contributed by atoms with E-state index in [2.05, 4.69) is 5.32 Å². The Bertz CT molecular complexity index is 783. The van der Waals surface area contributed by atoms with Crippen LogP contribution in [0, 0.1) is 0 Å². The van der Waals surface area contributed by atoms with Gasteiger partial charge in [0.1, 0.15) is 0 Å². The van der Waals surface area contributed by atoms with E-state index >= 15 is 0 Å². The number of hydrogen-bond acceptors (Lipinski definition) is 3. The molecule has 0 spiro atoms. The number of benzene rings is 2. The molecule has 0 saturated heterocycles. The Hall–Kier alpha value is -2.79. The number of carbonyl (C=O) groups is 2. The van der Waals surface area contributed by atoms with Gasteiger partial charge in [-0.25, -0.2) is 4.79 Å². The van der Waals surface area contributed by atoms with Gasteiger partial charge in [0.15, 0.2) is 0 Å². The van der Waals surface area contributed by atoms with E-state index in [1.807, 2.05) is 43.3 Å². The van der Waals surface area contributed by atoms with Crippen LogP contribution in [0.1, 0.15) is 15.9 Å². The third-order valence-corrected chi connectivity index (χ3v) is 3.54. The summed E-state index contributed by atoms with van der Waals surface area (Å²) in [5, 5.41) is 12.0. The van der Waals surface area contributed by atoms with Crippen LogP contribution in [0.5, 0.6) is 0 Å². The van der Waals surface area contributed by atoms with Gasteiger partial charge in [-0.15, -0.1) is 0 Å². The zero-order chi connectivity index (χ0) is 17.7. The first-order chi connectivity index (χ1) is 11.4. The lowest BCUT2D eigenvalue weighted by Gasteiger charge is -2.11. The molecule has 0 heterocycles. The Balaban J connectivity index is 2.10. The van der Waals surface area contributed by atoms with Gasteiger partial charge < -0.3 is 15.3 Å². The van der Waals surface area contributed by atoms with E-state index in [1.165, 1.54) is 24.3 Å². The van der Waals surface area contributed by atoms with Crippen LogP contribution < -0.4 is 10.2 Å². The molecule has 6 heteroatoms. The highest BCUT2D eigenvalue weighted by molar-refractivity contribution is 6.31. The number of halogens is 1. The first-order valence-corrected chi connectivity index (χ1v) is 7.54. The summed E-state index contributed by atoms with van der Waals surface area (Å²) in [5.74, 6) is -1.57. The molecule has 0 saturated carbocycles. The van der Waals surface area contributed by atoms with Crippen LogP contribution in [0.3, 0.4) is 0 Å². The van der Waals surface area contributed by atoms with Crippen molar-refractivity contribution >= 4 is 40.9 Å². The summed E-state index contributed by atoms with van der Waals surface area (Å²) < 4.78 is 0. The van der Waals surface area contributed by atoms with Crippen molar-refractivity contribution < 1.29 is 14.7 Å². The van der Waals surface area contributed by atoms with E-state index in [0.717, 1.165) is 11.3 Å². The van der Waals surface area contributed by atoms with E-state index in [9.17, 15) is 9.59 Å². The summed E-state index contributed by atoms with van der Waals surface area (Å²) >= 11 is 5.85. The molecule has 0 aromatic heterocycles. The second-order valence-electron chi connectivity index (χ2n) is 5.30. The average Bonchev–Trinajstić information content (AvgIpc) is 2.53. The molecule has 0 atom stereocenters. The van der Waals surface area contributed by atoms with Crippen molar-refractivity contribution in [3.05, 3.63) is 64.7 Å².